The molecule has 0 spiro atoms. The number of piperidine rings is 1. The number of aliphatic hydroxyl groups is 1. The molecule has 1 unspecified atom stereocenters. The molecule has 6 heteroatoms. The van der Waals surface area contributed by atoms with E-state index in [1.54, 1.807) is 24.3 Å². The second-order valence-electron chi connectivity index (χ2n) is 5.98. The number of likely N-dealkylation sites (tertiary alicyclic amines) is 1. The Bertz CT molecular complexity index is 490. The molecule has 1 aliphatic rings. The normalized spacial score (nSPS) is 18.0. The van der Waals surface area contributed by atoms with Gasteiger partial charge in [0.2, 0.25) is 0 Å². The Morgan fingerprint density at radius 2 is 2.18 bits per heavy atom. The minimum atomic E-state index is -0.557. The van der Waals surface area contributed by atoms with Crippen LogP contribution in [0.3, 0.4) is 0 Å². The van der Waals surface area contributed by atoms with E-state index in [-0.39, 0.29) is 12.6 Å². The number of rotatable bonds is 5. The molecule has 22 heavy (non-hydrogen) atoms. The first kappa shape index (κ1) is 17.1. The number of carbonyl (C=O) groups excluding carboxylic acids is 1. The Morgan fingerprint density at radius 1 is 1.45 bits per heavy atom. The first-order chi connectivity index (χ1) is 10.5. The fourth-order valence-corrected chi connectivity index (χ4v) is 2.75. The van der Waals surface area contributed by atoms with Crippen molar-refractivity contribution in [1.82, 2.24) is 10.2 Å². The zero-order valence-corrected chi connectivity index (χ0v) is 13.6. The van der Waals surface area contributed by atoms with E-state index in [1.807, 2.05) is 0 Å². The summed E-state index contributed by atoms with van der Waals surface area (Å²) in [5, 5.41) is 16.0. The van der Waals surface area contributed by atoms with Gasteiger partial charge in [-0.05, 0) is 50.0 Å². The lowest BCUT2D eigenvalue weighted by Gasteiger charge is -2.31. The molecule has 0 radical (unpaired) electrons. The topological polar surface area (TPSA) is 64.6 Å². The second kappa shape index (κ2) is 8.36. The van der Waals surface area contributed by atoms with Crippen molar-refractivity contribution in [2.24, 2.45) is 5.92 Å². The Kier molecular flexibility index (Phi) is 6.49. The third kappa shape index (κ3) is 5.83. The summed E-state index contributed by atoms with van der Waals surface area (Å²) >= 11 is 5.86. The number of carbonyl (C=O) groups is 1. The molecule has 1 aliphatic heterocycles. The molecule has 1 fully saturated rings. The predicted molar refractivity (Wildman–Crippen MR) is 89.3 cm³/mol. The maximum atomic E-state index is 11.8. The van der Waals surface area contributed by atoms with Crippen LogP contribution in [0.2, 0.25) is 5.02 Å². The summed E-state index contributed by atoms with van der Waals surface area (Å²) in [6.45, 7) is 5.14. The van der Waals surface area contributed by atoms with Gasteiger partial charge in [-0.15, -0.1) is 0 Å². The molecule has 1 atom stereocenters. The highest BCUT2D eigenvalue weighted by atomic mass is 35.5. The quantitative estimate of drug-likeness (QED) is 0.779. The number of urea groups is 1. The fraction of sp³-hybridized carbons (Fsp3) is 0.562. The van der Waals surface area contributed by atoms with Gasteiger partial charge in [0.1, 0.15) is 0 Å². The van der Waals surface area contributed by atoms with Crippen LogP contribution in [0.15, 0.2) is 24.3 Å². The Balaban J connectivity index is 1.67. The van der Waals surface area contributed by atoms with Crippen molar-refractivity contribution in [3.05, 3.63) is 29.3 Å². The van der Waals surface area contributed by atoms with Crippen LogP contribution in [0.5, 0.6) is 0 Å². The maximum Gasteiger partial charge on any atom is 0.319 e. The average molecular weight is 326 g/mol. The molecule has 0 bridgehead atoms. The summed E-state index contributed by atoms with van der Waals surface area (Å²) in [7, 11) is 0. The van der Waals surface area contributed by atoms with Crippen molar-refractivity contribution >= 4 is 23.3 Å². The van der Waals surface area contributed by atoms with Gasteiger partial charge in [-0.3, -0.25) is 0 Å². The van der Waals surface area contributed by atoms with Gasteiger partial charge in [0.25, 0.3) is 0 Å². The third-order valence-corrected chi connectivity index (χ3v) is 4.16. The average Bonchev–Trinajstić information content (AvgIpc) is 2.48. The molecular weight excluding hydrogens is 302 g/mol. The highest BCUT2D eigenvalue weighted by molar-refractivity contribution is 6.30. The van der Waals surface area contributed by atoms with Crippen LogP contribution < -0.4 is 10.6 Å². The highest BCUT2D eigenvalue weighted by Crippen LogP contribution is 2.16. The van der Waals surface area contributed by atoms with E-state index in [0.717, 1.165) is 19.0 Å². The van der Waals surface area contributed by atoms with Gasteiger partial charge in [0, 0.05) is 23.8 Å². The van der Waals surface area contributed by atoms with Gasteiger partial charge in [0.05, 0.1) is 6.10 Å². The number of hydrogen-bond donors (Lipinski definition) is 3. The standard InChI is InChI=1S/C16H24ClN3O2/c1-12-5-7-20(8-6-12)11-15(21)10-18-16(22)19-14-4-2-3-13(17)9-14/h2-4,9,12,15,21H,5-8,10-11H2,1H3,(H2,18,19,22). The van der Waals surface area contributed by atoms with E-state index in [4.69, 9.17) is 11.6 Å². The van der Waals surface area contributed by atoms with Crippen molar-refractivity contribution in [1.29, 1.82) is 0 Å². The van der Waals surface area contributed by atoms with Crippen molar-refractivity contribution < 1.29 is 9.90 Å². The summed E-state index contributed by atoms with van der Waals surface area (Å²) < 4.78 is 0. The summed E-state index contributed by atoms with van der Waals surface area (Å²) in [4.78, 5) is 14.0. The molecule has 0 aliphatic carbocycles. The zero-order chi connectivity index (χ0) is 15.9. The Hall–Kier alpha value is -1.30. The fourth-order valence-electron chi connectivity index (χ4n) is 2.56. The molecule has 5 nitrogen and oxygen atoms in total. The number of aliphatic hydroxyl groups excluding tert-OH is 1. The number of halogens is 1. The smallest absolute Gasteiger partial charge is 0.319 e. The molecular formula is C16H24ClN3O2. The molecule has 0 saturated carbocycles. The monoisotopic (exact) mass is 325 g/mol. The first-order valence-corrected chi connectivity index (χ1v) is 8.11. The van der Waals surface area contributed by atoms with Gasteiger partial charge in [-0.2, -0.15) is 0 Å². The van der Waals surface area contributed by atoms with Crippen molar-refractivity contribution in [2.75, 3.05) is 31.5 Å². The molecule has 1 saturated heterocycles. The number of hydrogen-bond acceptors (Lipinski definition) is 3. The van der Waals surface area contributed by atoms with Crippen molar-refractivity contribution in [3.63, 3.8) is 0 Å². The van der Waals surface area contributed by atoms with Gasteiger partial charge < -0.3 is 20.6 Å². The lowest BCUT2D eigenvalue weighted by Crippen LogP contribution is -2.43. The summed E-state index contributed by atoms with van der Waals surface area (Å²) in [5.74, 6) is 0.773. The van der Waals surface area contributed by atoms with E-state index >= 15 is 0 Å². The van der Waals surface area contributed by atoms with Crippen LogP contribution in [0, 0.1) is 5.92 Å². The van der Waals surface area contributed by atoms with Crippen LogP contribution in [0.1, 0.15) is 19.8 Å². The first-order valence-electron chi connectivity index (χ1n) is 7.74. The van der Waals surface area contributed by atoms with E-state index in [9.17, 15) is 9.90 Å². The van der Waals surface area contributed by atoms with Crippen LogP contribution >= 0.6 is 11.6 Å². The summed E-state index contributed by atoms with van der Waals surface area (Å²) in [5.41, 5.74) is 0.629. The van der Waals surface area contributed by atoms with E-state index < -0.39 is 6.10 Å². The van der Waals surface area contributed by atoms with Crippen LogP contribution in [-0.2, 0) is 0 Å². The predicted octanol–water partition coefficient (Wildman–Crippen LogP) is 2.55. The maximum absolute atomic E-state index is 11.8. The lowest BCUT2D eigenvalue weighted by atomic mass is 9.99. The van der Waals surface area contributed by atoms with Gasteiger partial charge in [-0.25, -0.2) is 4.79 Å². The SMILES string of the molecule is CC1CCN(CC(O)CNC(=O)Nc2cccc(Cl)c2)CC1. The zero-order valence-electron chi connectivity index (χ0n) is 12.9. The van der Waals surface area contributed by atoms with Gasteiger partial charge in [0.15, 0.2) is 0 Å². The van der Waals surface area contributed by atoms with E-state index in [1.165, 1.54) is 12.8 Å². The minimum Gasteiger partial charge on any atom is -0.390 e. The van der Waals surface area contributed by atoms with Gasteiger partial charge in [-0.1, -0.05) is 24.6 Å². The number of amides is 2. The van der Waals surface area contributed by atoms with Crippen molar-refractivity contribution in [3.8, 4) is 0 Å². The minimum absolute atomic E-state index is 0.235. The highest BCUT2D eigenvalue weighted by Gasteiger charge is 2.18. The van der Waals surface area contributed by atoms with Gasteiger partial charge >= 0.3 is 6.03 Å². The number of anilines is 1. The van der Waals surface area contributed by atoms with E-state index in [2.05, 4.69) is 22.5 Å². The van der Waals surface area contributed by atoms with Crippen LogP contribution in [-0.4, -0.2) is 48.3 Å². The van der Waals surface area contributed by atoms with Crippen molar-refractivity contribution in [2.45, 2.75) is 25.9 Å². The summed E-state index contributed by atoms with van der Waals surface area (Å²) in [6.07, 6.45) is 1.80. The Labute approximate surface area is 136 Å². The largest absolute Gasteiger partial charge is 0.390 e. The lowest BCUT2D eigenvalue weighted by molar-refractivity contribution is 0.0924. The molecule has 1 aromatic carbocycles. The third-order valence-electron chi connectivity index (χ3n) is 3.93. The number of β-amino-alcohol motifs (C(OH)–C–C–N with tert-alkyl or cyclic N) is 1. The van der Waals surface area contributed by atoms with E-state index in [0.29, 0.717) is 17.3 Å². The molecule has 1 heterocycles. The number of nitrogens with one attached hydrogen (secondary N) is 2. The molecule has 0 aromatic heterocycles. The molecule has 122 valence electrons. The van der Waals surface area contributed by atoms with Crippen LogP contribution in [0.4, 0.5) is 10.5 Å². The molecule has 3 N–H and O–H groups in total. The number of benzene rings is 1. The molecule has 2 amide bonds. The molecule has 1 aromatic rings. The summed E-state index contributed by atoms with van der Waals surface area (Å²) in [6, 6.07) is 6.61. The molecule has 2 rings (SSSR count). The second-order valence-corrected chi connectivity index (χ2v) is 6.42. The Morgan fingerprint density at radius 3 is 2.86 bits per heavy atom. The van der Waals surface area contributed by atoms with Crippen LogP contribution in [0.25, 0.3) is 0 Å². The number of nitrogens with zero attached hydrogens (tertiary/aromatic N) is 1.